The number of nitrogens with zero attached hydrogens (tertiary/aromatic N) is 1. The fourth-order valence-electron chi connectivity index (χ4n) is 2.22. The fourth-order valence-corrected chi connectivity index (χ4v) is 3.19. The predicted molar refractivity (Wildman–Crippen MR) is 88.2 cm³/mol. The third-order valence-corrected chi connectivity index (χ3v) is 4.66. The molecule has 0 radical (unpaired) electrons. The monoisotopic (exact) mass is 343 g/mol. The van der Waals surface area contributed by atoms with Crippen LogP contribution in [0.1, 0.15) is 10.4 Å². The largest absolute Gasteiger partial charge is 0.478 e. The van der Waals surface area contributed by atoms with Crippen LogP contribution in [0.3, 0.4) is 0 Å². The topological polar surface area (TPSA) is 112 Å². The van der Waals surface area contributed by atoms with E-state index in [1.807, 2.05) is 30.3 Å². The Morgan fingerprint density at radius 2 is 1.83 bits per heavy atom. The molecule has 0 aliphatic rings. The van der Waals surface area contributed by atoms with Crippen molar-refractivity contribution in [2.45, 2.75) is 5.03 Å². The lowest BCUT2D eigenvalue weighted by Crippen LogP contribution is -2.16. The van der Waals surface area contributed by atoms with Gasteiger partial charge in [0, 0.05) is 0 Å². The van der Waals surface area contributed by atoms with Gasteiger partial charge in [0.2, 0.25) is 0 Å². The first kappa shape index (κ1) is 15.8. The highest BCUT2D eigenvalue weighted by Crippen LogP contribution is 2.27. The molecule has 3 N–H and O–H groups in total. The highest BCUT2D eigenvalue weighted by atomic mass is 32.2. The molecule has 0 saturated heterocycles. The van der Waals surface area contributed by atoms with Crippen molar-refractivity contribution < 1.29 is 18.3 Å². The van der Waals surface area contributed by atoms with Gasteiger partial charge in [0.1, 0.15) is 0 Å². The van der Waals surface area contributed by atoms with Crippen LogP contribution in [-0.2, 0) is 10.0 Å². The lowest BCUT2D eigenvalue weighted by molar-refractivity contribution is 0.0698. The molecule has 3 rings (SSSR count). The number of carboxylic acid groups (broad SMARTS) is 1. The Morgan fingerprint density at radius 3 is 2.46 bits per heavy atom. The van der Waals surface area contributed by atoms with Crippen molar-refractivity contribution in [1.82, 2.24) is 9.97 Å². The molecule has 0 aliphatic heterocycles. The second-order valence-corrected chi connectivity index (χ2v) is 6.60. The first-order chi connectivity index (χ1) is 11.5. The molecule has 0 atom stereocenters. The van der Waals surface area contributed by atoms with E-state index in [-0.39, 0.29) is 16.3 Å². The van der Waals surface area contributed by atoms with E-state index < -0.39 is 16.0 Å². The van der Waals surface area contributed by atoms with Crippen LogP contribution in [0.15, 0.2) is 66.1 Å². The third-order valence-electron chi connectivity index (χ3n) is 3.36. The van der Waals surface area contributed by atoms with E-state index in [9.17, 15) is 18.3 Å². The molecule has 7 nitrogen and oxygen atoms in total. The standard InChI is InChI=1S/C16H13N3O4S/c20-16(21)13-7-6-12(11-4-2-1-3-5-11)8-14(13)19-24(22,23)15-9-17-10-18-15/h1-10,19H,(H,17,18)(H,20,21). The highest BCUT2D eigenvalue weighted by Gasteiger charge is 2.20. The zero-order valence-corrected chi connectivity index (χ0v) is 13.1. The van der Waals surface area contributed by atoms with Crippen LogP contribution in [-0.4, -0.2) is 29.5 Å². The molecular formula is C16H13N3O4S. The highest BCUT2D eigenvalue weighted by molar-refractivity contribution is 7.92. The number of rotatable bonds is 5. The van der Waals surface area contributed by atoms with Gasteiger partial charge in [0.05, 0.1) is 23.8 Å². The summed E-state index contributed by atoms with van der Waals surface area (Å²) in [5.74, 6) is -1.23. The lowest BCUT2D eigenvalue weighted by atomic mass is 10.0. The molecule has 0 fully saturated rings. The quantitative estimate of drug-likeness (QED) is 0.659. The minimum Gasteiger partial charge on any atom is -0.478 e. The van der Waals surface area contributed by atoms with Gasteiger partial charge in [0.25, 0.3) is 10.0 Å². The molecule has 122 valence electrons. The zero-order chi connectivity index (χ0) is 17.2. The van der Waals surface area contributed by atoms with Gasteiger partial charge < -0.3 is 10.1 Å². The number of sulfonamides is 1. The van der Waals surface area contributed by atoms with Crippen LogP contribution >= 0.6 is 0 Å². The van der Waals surface area contributed by atoms with Gasteiger partial charge >= 0.3 is 5.97 Å². The summed E-state index contributed by atoms with van der Waals surface area (Å²) < 4.78 is 26.9. The van der Waals surface area contributed by atoms with Crippen LogP contribution in [0.2, 0.25) is 0 Å². The molecule has 0 amide bonds. The number of hydrogen-bond donors (Lipinski definition) is 3. The number of nitrogens with one attached hydrogen (secondary N) is 2. The molecule has 1 heterocycles. The summed E-state index contributed by atoms with van der Waals surface area (Å²) in [6.45, 7) is 0. The summed E-state index contributed by atoms with van der Waals surface area (Å²) in [5.41, 5.74) is 1.38. The summed E-state index contributed by atoms with van der Waals surface area (Å²) in [6.07, 6.45) is 2.37. The van der Waals surface area contributed by atoms with Crippen molar-refractivity contribution >= 4 is 21.7 Å². The summed E-state index contributed by atoms with van der Waals surface area (Å²) in [5, 5.41) is 9.15. The van der Waals surface area contributed by atoms with E-state index in [2.05, 4.69) is 14.7 Å². The van der Waals surface area contributed by atoms with Crippen molar-refractivity contribution in [2.75, 3.05) is 4.72 Å². The lowest BCUT2D eigenvalue weighted by Gasteiger charge is -2.11. The maximum absolute atomic E-state index is 12.3. The number of benzene rings is 2. The average Bonchev–Trinajstić information content (AvgIpc) is 3.10. The molecule has 24 heavy (non-hydrogen) atoms. The molecule has 1 aromatic heterocycles. The first-order valence-electron chi connectivity index (χ1n) is 6.91. The number of aromatic nitrogens is 2. The van der Waals surface area contributed by atoms with Crippen molar-refractivity contribution in [3.8, 4) is 11.1 Å². The maximum Gasteiger partial charge on any atom is 0.337 e. The second-order valence-electron chi connectivity index (χ2n) is 4.95. The zero-order valence-electron chi connectivity index (χ0n) is 12.3. The van der Waals surface area contributed by atoms with Crippen LogP contribution in [0.25, 0.3) is 11.1 Å². The van der Waals surface area contributed by atoms with E-state index in [1.165, 1.54) is 18.5 Å². The maximum atomic E-state index is 12.3. The molecule has 2 aromatic carbocycles. The first-order valence-corrected chi connectivity index (χ1v) is 8.39. The molecule has 0 spiro atoms. The van der Waals surface area contributed by atoms with Gasteiger partial charge in [-0.2, -0.15) is 8.42 Å². The van der Waals surface area contributed by atoms with Crippen molar-refractivity contribution in [1.29, 1.82) is 0 Å². The van der Waals surface area contributed by atoms with E-state index >= 15 is 0 Å². The van der Waals surface area contributed by atoms with Crippen molar-refractivity contribution in [3.05, 3.63) is 66.6 Å². The number of carbonyl (C=O) groups is 1. The SMILES string of the molecule is O=C(O)c1ccc(-c2ccccc2)cc1NS(=O)(=O)c1cnc[nH]1. The van der Waals surface area contributed by atoms with Gasteiger partial charge in [-0.25, -0.2) is 9.78 Å². The molecule has 0 unspecified atom stereocenters. The molecule has 0 bridgehead atoms. The fraction of sp³-hybridized carbons (Fsp3) is 0. The smallest absolute Gasteiger partial charge is 0.337 e. The normalized spacial score (nSPS) is 11.2. The molecule has 0 saturated carbocycles. The molecular weight excluding hydrogens is 330 g/mol. The van der Waals surface area contributed by atoms with Crippen molar-refractivity contribution in [3.63, 3.8) is 0 Å². The summed E-state index contributed by atoms with van der Waals surface area (Å²) >= 11 is 0. The summed E-state index contributed by atoms with van der Waals surface area (Å²) in [4.78, 5) is 17.5. The number of carboxylic acids is 1. The number of H-pyrrole nitrogens is 1. The Bertz CT molecular complexity index is 968. The van der Waals surface area contributed by atoms with Crippen LogP contribution in [0.4, 0.5) is 5.69 Å². The Hall–Kier alpha value is -3.13. The van der Waals surface area contributed by atoms with E-state index in [0.29, 0.717) is 5.56 Å². The second kappa shape index (κ2) is 6.17. The number of imidazole rings is 1. The molecule has 0 aliphatic carbocycles. The minimum atomic E-state index is -3.96. The van der Waals surface area contributed by atoms with Gasteiger partial charge in [0.15, 0.2) is 5.03 Å². The number of hydrogen-bond acceptors (Lipinski definition) is 4. The predicted octanol–water partition coefficient (Wildman–Crippen LogP) is 2.58. The van der Waals surface area contributed by atoms with E-state index in [1.54, 1.807) is 6.07 Å². The Labute approximate surface area is 138 Å². The third kappa shape index (κ3) is 3.13. The van der Waals surface area contributed by atoms with Crippen LogP contribution in [0, 0.1) is 0 Å². The van der Waals surface area contributed by atoms with Crippen LogP contribution in [0.5, 0.6) is 0 Å². The molecule has 3 aromatic rings. The minimum absolute atomic E-state index is 0.0153. The van der Waals surface area contributed by atoms with Gasteiger partial charge in [-0.15, -0.1) is 0 Å². The summed E-state index contributed by atoms with van der Waals surface area (Å²) in [7, 11) is -3.96. The number of aromatic amines is 1. The Morgan fingerprint density at radius 1 is 1.08 bits per heavy atom. The van der Waals surface area contributed by atoms with E-state index in [4.69, 9.17) is 0 Å². The van der Waals surface area contributed by atoms with Gasteiger partial charge in [-0.1, -0.05) is 36.4 Å². The van der Waals surface area contributed by atoms with Crippen LogP contribution < -0.4 is 4.72 Å². The molecule has 8 heteroatoms. The summed E-state index contributed by atoms with van der Waals surface area (Å²) in [6, 6.07) is 13.7. The average molecular weight is 343 g/mol. The van der Waals surface area contributed by atoms with E-state index in [0.717, 1.165) is 11.8 Å². The Balaban J connectivity index is 2.06. The van der Waals surface area contributed by atoms with Gasteiger partial charge in [-0.05, 0) is 23.3 Å². The number of aromatic carboxylic acids is 1. The Kier molecular flexibility index (Phi) is 4.05. The van der Waals surface area contributed by atoms with Crippen molar-refractivity contribution in [2.24, 2.45) is 0 Å². The number of anilines is 1. The van der Waals surface area contributed by atoms with Gasteiger partial charge in [-0.3, -0.25) is 4.72 Å².